The van der Waals surface area contributed by atoms with Crippen LogP contribution in [0.1, 0.15) is 22.3 Å². The maximum absolute atomic E-state index is 12.5. The molecule has 1 heterocycles. The fourth-order valence-corrected chi connectivity index (χ4v) is 4.30. The molecule has 2 aromatic carbocycles. The van der Waals surface area contributed by atoms with E-state index in [4.69, 9.17) is 4.42 Å². The van der Waals surface area contributed by atoms with Gasteiger partial charge in [0.25, 0.3) is 0 Å². The molecule has 0 spiro atoms. The highest BCUT2D eigenvalue weighted by molar-refractivity contribution is 9.10. The van der Waals surface area contributed by atoms with E-state index in [2.05, 4.69) is 15.9 Å². The van der Waals surface area contributed by atoms with E-state index in [9.17, 15) is 9.59 Å². The van der Waals surface area contributed by atoms with Crippen LogP contribution in [-0.2, 0) is 17.1 Å². The van der Waals surface area contributed by atoms with Crippen molar-refractivity contribution in [2.24, 2.45) is 0 Å². The average molecular weight is 460 g/mol. The summed E-state index contributed by atoms with van der Waals surface area (Å²) in [6.45, 7) is 4.59. The minimum Gasteiger partial charge on any atom is -0.423 e. The van der Waals surface area contributed by atoms with Gasteiger partial charge in [-0.3, -0.25) is 4.79 Å². The van der Waals surface area contributed by atoms with Gasteiger partial charge in [-0.1, -0.05) is 34.1 Å². The Kier molecular flexibility index (Phi) is 6.62. The van der Waals surface area contributed by atoms with Gasteiger partial charge in [0.05, 0.1) is 5.75 Å². The summed E-state index contributed by atoms with van der Waals surface area (Å²) in [6.07, 6.45) is 0. The van der Waals surface area contributed by atoms with Gasteiger partial charge < -0.3 is 9.32 Å². The van der Waals surface area contributed by atoms with Crippen molar-refractivity contribution in [3.05, 3.63) is 79.6 Å². The second kappa shape index (κ2) is 8.97. The molecule has 0 aliphatic rings. The van der Waals surface area contributed by atoms with Crippen molar-refractivity contribution >= 4 is 44.6 Å². The van der Waals surface area contributed by atoms with Gasteiger partial charge in [0.1, 0.15) is 5.58 Å². The van der Waals surface area contributed by atoms with Crippen molar-refractivity contribution in [2.45, 2.75) is 26.1 Å². The summed E-state index contributed by atoms with van der Waals surface area (Å²) in [4.78, 5) is 26.1. The molecule has 3 rings (SSSR count). The smallest absolute Gasteiger partial charge is 0.336 e. The fourth-order valence-electron chi connectivity index (χ4n) is 2.93. The van der Waals surface area contributed by atoms with E-state index in [1.165, 1.54) is 17.8 Å². The highest BCUT2D eigenvalue weighted by Crippen LogP contribution is 2.25. The summed E-state index contributed by atoms with van der Waals surface area (Å²) in [7, 11) is 1.81. The highest BCUT2D eigenvalue weighted by Gasteiger charge is 2.13. The second-order valence-corrected chi connectivity index (χ2v) is 8.70. The summed E-state index contributed by atoms with van der Waals surface area (Å²) < 4.78 is 6.33. The SMILES string of the molecule is Cc1cc2oc(=O)cc(CSCC(=O)N(C)Cc3ccccc3Br)c2cc1C. The van der Waals surface area contributed by atoms with Gasteiger partial charge in [0.15, 0.2) is 0 Å². The molecule has 1 amide bonds. The lowest BCUT2D eigenvalue weighted by atomic mass is 10.0. The molecule has 0 radical (unpaired) electrons. The fraction of sp³-hybridized carbons (Fsp3) is 0.273. The third kappa shape index (κ3) is 4.86. The van der Waals surface area contributed by atoms with Crippen LogP contribution in [0.5, 0.6) is 0 Å². The largest absolute Gasteiger partial charge is 0.423 e. The van der Waals surface area contributed by atoms with Crippen molar-refractivity contribution in [1.82, 2.24) is 4.90 Å². The average Bonchev–Trinajstić information content (AvgIpc) is 2.65. The molecular formula is C22H22BrNO3S. The number of fused-ring (bicyclic) bond motifs is 1. The Bertz CT molecular complexity index is 1080. The molecular weight excluding hydrogens is 438 g/mol. The molecule has 0 atom stereocenters. The van der Waals surface area contributed by atoms with Crippen molar-refractivity contribution in [1.29, 1.82) is 0 Å². The van der Waals surface area contributed by atoms with Crippen LogP contribution in [0.3, 0.4) is 0 Å². The minimum atomic E-state index is -0.358. The van der Waals surface area contributed by atoms with E-state index in [0.29, 0.717) is 23.6 Å². The molecule has 3 aromatic rings. The number of nitrogens with zero attached hydrogens (tertiary/aromatic N) is 1. The first-order chi connectivity index (χ1) is 13.3. The highest BCUT2D eigenvalue weighted by atomic mass is 79.9. The Morgan fingerprint density at radius 3 is 2.57 bits per heavy atom. The van der Waals surface area contributed by atoms with E-state index in [1.807, 2.05) is 50.2 Å². The van der Waals surface area contributed by atoms with E-state index < -0.39 is 0 Å². The maximum atomic E-state index is 12.5. The topological polar surface area (TPSA) is 50.5 Å². The standard InChI is InChI=1S/C22H22BrNO3S/c1-14-8-18-17(10-22(26)27-20(18)9-15(14)2)12-28-13-21(25)24(3)11-16-6-4-5-7-19(16)23/h4-10H,11-13H2,1-3H3. The third-order valence-electron chi connectivity index (χ3n) is 4.72. The molecule has 0 saturated carbocycles. The van der Waals surface area contributed by atoms with Crippen LogP contribution in [0, 0.1) is 13.8 Å². The van der Waals surface area contributed by atoms with Crippen LogP contribution in [0.2, 0.25) is 0 Å². The van der Waals surface area contributed by atoms with Crippen molar-refractivity contribution in [2.75, 3.05) is 12.8 Å². The maximum Gasteiger partial charge on any atom is 0.336 e. The number of thioether (sulfide) groups is 1. The van der Waals surface area contributed by atoms with Gasteiger partial charge in [-0.25, -0.2) is 4.79 Å². The Morgan fingerprint density at radius 2 is 1.82 bits per heavy atom. The van der Waals surface area contributed by atoms with E-state index >= 15 is 0 Å². The quantitative estimate of drug-likeness (QED) is 0.483. The van der Waals surface area contributed by atoms with Crippen LogP contribution < -0.4 is 5.63 Å². The molecule has 0 unspecified atom stereocenters. The number of carbonyl (C=O) groups is 1. The molecule has 146 valence electrons. The van der Waals surface area contributed by atoms with Crippen LogP contribution in [0.25, 0.3) is 11.0 Å². The summed E-state index contributed by atoms with van der Waals surface area (Å²) in [5.41, 5.74) is 4.45. The number of halogens is 1. The number of hydrogen-bond acceptors (Lipinski definition) is 4. The summed E-state index contributed by atoms with van der Waals surface area (Å²) >= 11 is 5.02. The van der Waals surface area contributed by atoms with E-state index in [1.54, 1.807) is 11.9 Å². The molecule has 28 heavy (non-hydrogen) atoms. The van der Waals surface area contributed by atoms with Gasteiger partial charge in [-0.15, -0.1) is 11.8 Å². The molecule has 0 saturated heterocycles. The lowest BCUT2D eigenvalue weighted by Crippen LogP contribution is -2.28. The van der Waals surface area contributed by atoms with Gasteiger partial charge in [0.2, 0.25) is 5.91 Å². The van der Waals surface area contributed by atoms with Crippen LogP contribution in [-0.4, -0.2) is 23.6 Å². The van der Waals surface area contributed by atoms with Crippen LogP contribution in [0.15, 0.2) is 56.1 Å². The van der Waals surface area contributed by atoms with Crippen molar-refractivity contribution in [3.63, 3.8) is 0 Å². The van der Waals surface area contributed by atoms with E-state index in [-0.39, 0.29) is 11.5 Å². The Hall–Kier alpha value is -2.05. The molecule has 4 nitrogen and oxygen atoms in total. The van der Waals surface area contributed by atoms with Gasteiger partial charge in [0, 0.05) is 35.3 Å². The zero-order chi connectivity index (χ0) is 20.3. The first-order valence-corrected chi connectivity index (χ1v) is 10.9. The minimum absolute atomic E-state index is 0.0556. The lowest BCUT2D eigenvalue weighted by Gasteiger charge is -2.18. The lowest BCUT2D eigenvalue weighted by molar-refractivity contribution is -0.127. The van der Waals surface area contributed by atoms with E-state index in [0.717, 1.165) is 32.1 Å². The monoisotopic (exact) mass is 459 g/mol. The Morgan fingerprint density at radius 1 is 1.11 bits per heavy atom. The molecule has 0 N–H and O–H groups in total. The van der Waals surface area contributed by atoms with Gasteiger partial charge >= 0.3 is 5.63 Å². The first kappa shape index (κ1) is 20.7. The number of hydrogen-bond donors (Lipinski definition) is 0. The third-order valence-corrected chi connectivity index (χ3v) is 6.46. The molecule has 6 heteroatoms. The number of rotatable bonds is 6. The molecule has 0 fully saturated rings. The predicted molar refractivity (Wildman–Crippen MR) is 119 cm³/mol. The zero-order valence-corrected chi connectivity index (χ0v) is 18.5. The number of benzene rings is 2. The van der Waals surface area contributed by atoms with Crippen molar-refractivity contribution < 1.29 is 9.21 Å². The van der Waals surface area contributed by atoms with Crippen LogP contribution in [0.4, 0.5) is 0 Å². The van der Waals surface area contributed by atoms with Crippen LogP contribution >= 0.6 is 27.7 Å². The normalized spacial score (nSPS) is 11.0. The van der Waals surface area contributed by atoms with Crippen molar-refractivity contribution in [3.8, 4) is 0 Å². The molecule has 0 aliphatic carbocycles. The number of carbonyl (C=O) groups excluding carboxylic acids is 1. The number of amides is 1. The first-order valence-electron chi connectivity index (χ1n) is 8.94. The Balaban J connectivity index is 1.66. The second-order valence-electron chi connectivity index (χ2n) is 6.86. The zero-order valence-electron chi connectivity index (χ0n) is 16.1. The Labute approximate surface area is 177 Å². The number of aryl methyl sites for hydroxylation is 2. The van der Waals surface area contributed by atoms with Gasteiger partial charge in [-0.05, 0) is 54.3 Å². The molecule has 0 aliphatic heterocycles. The molecule has 1 aromatic heterocycles. The molecule has 0 bridgehead atoms. The summed E-state index contributed by atoms with van der Waals surface area (Å²) in [5, 5.41) is 0.934. The van der Waals surface area contributed by atoms with Gasteiger partial charge in [-0.2, -0.15) is 0 Å². The summed E-state index contributed by atoms with van der Waals surface area (Å²) in [5.74, 6) is 0.993. The predicted octanol–water partition coefficient (Wildman–Crippen LogP) is 5.06. The summed E-state index contributed by atoms with van der Waals surface area (Å²) in [6, 6.07) is 13.4.